The average Bonchev–Trinajstić information content (AvgIpc) is 3.88. The molecule has 4 heteroatoms. The molecule has 0 spiro atoms. The van der Waals surface area contributed by atoms with Gasteiger partial charge in [-0.2, -0.15) is 12.1 Å². The van der Waals surface area contributed by atoms with E-state index in [2.05, 4.69) is 150 Å². The first-order valence-corrected chi connectivity index (χ1v) is 25.2. The zero-order valence-corrected chi connectivity index (χ0v) is 37.2. The summed E-state index contributed by atoms with van der Waals surface area (Å²) in [7, 11) is 0. The van der Waals surface area contributed by atoms with Crippen LogP contribution in [0.1, 0.15) is 87.5 Å². The second-order valence-corrected chi connectivity index (χ2v) is 25.8. The molecule has 2 saturated carbocycles. The monoisotopic (exact) mass is 820 g/mol. The molecule has 272 valence electrons. The third kappa shape index (κ3) is 10.9. The number of halogens is 2. The van der Waals surface area contributed by atoms with E-state index in [0.717, 1.165) is 0 Å². The Kier molecular flexibility index (Phi) is 15.4. The largest absolute Gasteiger partial charge is 1.00 e. The molecule has 0 saturated heterocycles. The Hall–Kier alpha value is -2.22. The molecule has 0 unspecified atom stereocenters. The van der Waals surface area contributed by atoms with Crippen LogP contribution < -0.4 is 24.8 Å². The first-order chi connectivity index (χ1) is 24.0. The second kappa shape index (κ2) is 18.9. The number of hydrogen-bond acceptors (Lipinski definition) is 0. The summed E-state index contributed by atoms with van der Waals surface area (Å²) in [6, 6.07) is 40.9. The van der Waals surface area contributed by atoms with E-state index in [1.54, 1.807) is 23.3 Å². The van der Waals surface area contributed by atoms with E-state index in [9.17, 15) is 0 Å². The van der Waals surface area contributed by atoms with Crippen molar-refractivity contribution in [2.75, 3.05) is 0 Å². The van der Waals surface area contributed by atoms with Crippen molar-refractivity contribution in [3.63, 3.8) is 0 Å². The van der Waals surface area contributed by atoms with Gasteiger partial charge in [0.15, 0.2) is 0 Å². The van der Waals surface area contributed by atoms with Crippen LogP contribution in [-0.4, -0.2) is 5.43 Å². The van der Waals surface area contributed by atoms with Gasteiger partial charge in [-0.25, -0.2) is 0 Å². The molecule has 8 rings (SSSR count). The first kappa shape index (κ1) is 42.5. The SMILES string of the molecule is C[Si](C)=[Zr+2].Cc1ccc(-c2cccc3[cH-]c(CC4(C)CCCC4)cc23)cc1.Cc1ccc(-c2cccc3[cH-]c(CC4(C)CCCC4)cc23)cc1.[Cl-].[Cl-]. The molecule has 6 aromatic carbocycles. The molecule has 2 aliphatic rings. The maximum Gasteiger partial charge on any atom is -0.0279 e. The number of aryl methyl sites for hydroxylation is 2. The maximum absolute atomic E-state index is 2.47. The van der Waals surface area contributed by atoms with Gasteiger partial charge in [0.25, 0.3) is 0 Å². The third-order valence-corrected chi connectivity index (χ3v) is 11.2. The van der Waals surface area contributed by atoms with E-state index in [4.69, 9.17) is 0 Å². The molecule has 0 radical (unpaired) electrons. The predicted molar refractivity (Wildman–Crippen MR) is 217 cm³/mol. The van der Waals surface area contributed by atoms with E-state index in [-0.39, 0.29) is 30.2 Å². The van der Waals surface area contributed by atoms with Gasteiger partial charge in [0.2, 0.25) is 0 Å². The molecule has 0 amide bonds. The molecule has 6 aromatic rings. The van der Waals surface area contributed by atoms with Gasteiger partial charge in [-0.05, 0) is 74.3 Å². The van der Waals surface area contributed by atoms with E-state index < -0.39 is 0 Å². The maximum atomic E-state index is 2.47. The van der Waals surface area contributed by atoms with E-state index in [1.165, 1.54) is 130 Å². The average molecular weight is 823 g/mol. The van der Waals surface area contributed by atoms with E-state index in [1.807, 2.05) is 0 Å². The molecule has 0 nitrogen and oxygen atoms in total. The fourth-order valence-corrected chi connectivity index (χ4v) is 8.56. The van der Waals surface area contributed by atoms with Gasteiger partial charge in [-0.3, -0.25) is 0 Å². The van der Waals surface area contributed by atoms with Crippen molar-refractivity contribution in [2.24, 2.45) is 10.8 Å². The molecule has 52 heavy (non-hydrogen) atoms. The van der Waals surface area contributed by atoms with Crippen LogP contribution in [-0.2, 0) is 36.2 Å². The number of benzene rings is 4. The van der Waals surface area contributed by atoms with Gasteiger partial charge in [-0.1, -0.05) is 122 Å². The Morgan fingerprint density at radius 3 is 1.21 bits per heavy atom. The molecular weight excluding hydrogens is 767 g/mol. The summed E-state index contributed by atoms with van der Waals surface area (Å²) in [4.78, 5) is 0. The Balaban J connectivity index is 0.000000204. The zero-order chi connectivity index (χ0) is 35.3. The fourth-order valence-electron chi connectivity index (χ4n) is 8.56. The van der Waals surface area contributed by atoms with Crippen LogP contribution in [0.5, 0.6) is 0 Å². The summed E-state index contributed by atoms with van der Waals surface area (Å²) in [5, 5.41) is 5.60. The number of fused-ring (bicyclic) bond motifs is 2. The molecule has 0 heterocycles. The summed E-state index contributed by atoms with van der Waals surface area (Å²) < 4.78 is 0. The van der Waals surface area contributed by atoms with E-state index in [0.29, 0.717) is 10.8 Å². The van der Waals surface area contributed by atoms with Gasteiger partial charge in [0.05, 0.1) is 0 Å². The minimum atomic E-state index is 0. The summed E-state index contributed by atoms with van der Waals surface area (Å²) in [5.74, 6) is 0. The van der Waals surface area contributed by atoms with Crippen LogP contribution in [0.4, 0.5) is 0 Å². The Morgan fingerprint density at radius 1 is 0.558 bits per heavy atom. The molecule has 0 bridgehead atoms. The summed E-state index contributed by atoms with van der Waals surface area (Å²) >= 11 is 1.74. The standard InChI is InChI=1S/2C23H25.C2H6Si.2ClH.Zr/c2*1-17-8-10-19(11-9-17)21-7-5-6-20-14-18(15-22(20)21)16-23(2)12-3-4-13-23;1-3-2;;;/h2*5-11,14-15H,3-4,12-13,16H2,1-2H3;1-2H3;2*1H;/q2*-1;;;;+2/p-2. The zero-order valence-electron chi connectivity index (χ0n) is 32.2. The molecular formula is C48H56Cl2SiZr-2. The van der Waals surface area contributed by atoms with E-state index >= 15 is 0 Å². The fraction of sp³-hybridized carbons (Fsp3) is 0.375. The number of hydrogen-bond donors (Lipinski definition) is 0. The second-order valence-electron chi connectivity index (χ2n) is 16.5. The van der Waals surface area contributed by atoms with Crippen LogP contribution >= 0.6 is 0 Å². The first-order valence-electron chi connectivity index (χ1n) is 19.0. The quantitative estimate of drug-likeness (QED) is 0.118. The summed E-state index contributed by atoms with van der Waals surface area (Å²) in [6.07, 6.45) is 13.6. The molecule has 2 aliphatic carbocycles. The topological polar surface area (TPSA) is 0 Å². The van der Waals surface area contributed by atoms with Crippen LogP contribution in [0, 0.1) is 24.7 Å². The van der Waals surface area contributed by atoms with Crippen LogP contribution in [0.25, 0.3) is 43.8 Å². The van der Waals surface area contributed by atoms with Gasteiger partial charge >= 0.3 is 41.9 Å². The Labute approximate surface area is 342 Å². The molecule has 0 aromatic heterocycles. The van der Waals surface area contributed by atoms with Crippen LogP contribution in [0.3, 0.4) is 0 Å². The van der Waals surface area contributed by atoms with Crippen LogP contribution in [0.2, 0.25) is 13.1 Å². The predicted octanol–water partition coefficient (Wildman–Crippen LogP) is 8.11. The van der Waals surface area contributed by atoms with Crippen molar-refractivity contribution in [3.8, 4) is 22.3 Å². The molecule has 0 atom stereocenters. The summed E-state index contributed by atoms with van der Waals surface area (Å²) in [6.45, 7) is 13.9. The van der Waals surface area contributed by atoms with Crippen molar-refractivity contribution < 1.29 is 48.1 Å². The van der Waals surface area contributed by atoms with Gasteiger partial charge in [0.1, 0.15) is 0 Å². The van der Waals surface area contributed by atoms with Gasteiger partial charge in [0, 0.05) is 0 Å². The van der Waals surface area contributed by atoms with Crippen molar-refractivity contribution in [1.82, 2.24) is 0 Å². The van der Waals surface area contributed by atoms with Crippen molar-refractivity contribution in [2.45, 2.75) is 105 Å². The van der Waals surface area contributed by atoms with Gasteiger partial charge < -0.3 is 24.8 Å². The third-order valence-electron chi connectivity index (χ3n) is 11.2. The van der Waals surface area contributed by atoms with Crippen LogP contribution in [0.15, 0.2) is 109 Å². The Bertz CT molecular complexity index is 1890. The number of rotatable bonds is 6. The molecule has 2 fully saturated rings. The van der Waals surface area contributed by atoms with Gasteiger partial charge in [-0.15, -0.1) is 69.1 Å². The normalized spacial score (nSPS) is 15.5. The smallest absolute Gasteiger partial charge is 0.0279 e. The summed E-state index contributed by atoms with van der Waals surface area (Å²) in [5.41, 5.74) is 12.3. The molecule has 0 aliphatic heterocycles. The van der Waals surface area contributed by atoms with Crippen molar-refractivity contribution in [3.05, 3.63) is 131 Å². The minimum Gasteiger partial charge on any atom is -1.00 e. The van der Waals surface area contributed by atoms with Crippen molar-refractivity contribution >= 4 is 27.0 Å². The minimum absolute atomic E-state index is 0. The Morgan fingerprint density at radius 2 is 0.885 bits per heavy atom. The molecule has 0 N–H and O–H groups in total. The van der Waals surface area contributed by atoms with Crippen molar-refractivity contribution in [1.29, 1.82) is 0 Å².